The lowest BCUT2D eigenvalue weighted by Crippen LogP contribution is -2.45. The smallest absolute Gasteiger partial charge is 0.410 e. The Labute approximate surface area is 143 Å². The van der Waals surface area contributed by atoms with Crippen molar-refractivity contribution in [2.75, 3.05) is 13.1 Å². The third-order valence-electron chi connectivity index (χ3n) is 4.20. The average molecular weight is 332 g/mol. The van der Waals surface area contributed by atoms with E-state index in [2.05, 4.69) is 6.07 Å². The average Bonchev–Trinajstić information content (AvgIpc) is 2.52. The van der Waals surface area contributed by atoms with Gasteiger partial charge in [-0.1, -0.05) is 24.3 Å². The van der Waals surface area contributed by atoms with E-state index in [1.54, 1.807) is 17.0 Å². The molecule has 4 nitrogen and oxygen atoms in total. The van der Waals surface area contributed by atoms with Crippen LogP contribution in [0, 0.1) is 11.3 Å². The molecule has 0 N–H and O–H groups in total. The Morgan fingerprint density at radius 1 is 1.29 bits per heavy atom. The number of ether oxygens (including phenoxy) is 1. The highest BCUT2D eigenvalue weighted by Gasteiger charge is 2.38. The number of halogens is 1. The highest BCUT2D eigenvalue weighted by Crippen LogP contribution is 2.37. The number of alkyl halides is 1. The lowest BCUT2D eigenvalue weighted by atomic mass is 9.85. The SMILES string of the molecule is CC(C)(C)OC(=O)N1CCC(F)(c2ccc(CCC#N)cc2)CC1. The third kappa shape index (κ3) is 4.70. The minimum Gasteiger partial charge on any atom is -0.444 e. The molecule has 1 fully saturated rings. The number of hydrogen-bond donors (Lipinski definition) is 0. The largest absolute Gasteiger partial charge is 0.444 e. The van der Waals surface area contributed by atoms with Gasteiger partial charge < -0.3 is 9.64 Å². The van der Waals surface area contributed by atoms with Gasteiger partial charge in [0.25, 0.3) is 0 Å². The fraction of sp³-hybridized carbons (Fsp3) is 0.579. The summed E-state index contributed by atoms with van der Waals surface area (Å²) in [7, 11) is 0. The minimum absolute atomic E-state index is 0.268. The first kappa shape index (κ1) is 18.3. The number of amides is 1. The number of likely N-dealkylation sites (tertiary alicyclic amines) is 1. The maximum absolute atomic E-state index is 15.2. The molecule has 2 rings (SSSR count). The standard InChI is InChI=1S/C19H25FN2O2/c1-18(2,3)24-17(23)22-13-10-19(20,11-14-22)16-8-6-15(7-9-16)5-4-12-21/h6-9H,4-5,10-11,13-14H2,1-3H3. The molecule has 0 spiro atoms. The number of nitrogens with zero attached hydrogens (tertiary/aromatic N) is 2. The Morgan fingerprint density at radius 3 is 2.38 bits per heavy atom. The summed E-state index contributed by atoms with van der Waals surface area (Å²) in [5.74, 6) is 0. The lowest BCUT2D eigenvalue weighted by molar-refractivity contribution is 0.00220. The van der Waals surface area contributed by atoms with Crippen LogP contribution in [0.1, 0.15) is 51.2 Å². The van der Waals surface area contributed by atoms with Gasteiger partial charge in [-0.15, -0.1) is 0 Å². The molecule has 0 bridgehead atoms. The van der Waals surface area contributed by atoms with E-state index < -0.39 is 11.3 Å². The van der Waals surface area contributed by atoms with Crippen LogP contribution in [-0.4, -0.2) is 29.7 Å². The number of carbonyl (C=O) groups is 1. The molecule has 0 radical (unpaired) electrons. The predicted octanol–water partition coefficient (Wildman–Crippen LogP) is 4.34. The van der Waals surface area contributed by atoms with E-state index >= 15 is 4.39 Å². The molecule has 0 saturated carbocycles. The van der Waals surface area contributed by atoms with Crippen molar-refractivity contribution in [1.29, 1.82) is 5.26 Å². The van der Waals surface area contributed by atoms with Crippen molar-refractivity contribution >= 4 is 6.09 Å². The molecule has 0 aliphatic carbocycles. The van der Waals surface area contributed by atoms with Crippen LogP contribution in [0.3, 0.4) is 0 Å². The Bertz CT molecular complexity index is 606. The van der Waals surface area contributed by atoms with Crippen LogP contribution in [0.4, 0.5) is 9.18 Å². The summed E-state index contributed by atoms with van der Waals surface area (Å²) in [5.41, 5.74) is -0.269. The number of nitriles is 1. The first-order valence-electron chi connectivity index (χ1n) is 8.37. The van der Waals surface area contributed by atoms with Crippen molar-refractivity contribution in [1.82, 2.24) is 4.90 Å². The summed E-state index contributed by atoms with van der Waals surface area (Å²) in [5, 5.41) is 8.61. The molecule has 1 aliphatic heterocycles. The molecule has 0 aromatic heterocycles. The molecule has 1 aromatic rings. The van der Waals surface area contributed by atoms with Gasteiger partial charge >= 0.3 is 6.09 Å². The molecule has 24 heavy (non-hydrogen) atoms. The van der Waals surface area contributed by atoms with Gasteiger partial charge in [0, 0.05) is 32.4 Å². The van der Waals surface area contributed by atoms with Crippen LogP contribution >= 0.6 is 0 Å². The summed E-state index contributed by atoms with van der Waals surface area (Å²) >= 11 is 0. The normalized spacial score (nSPS) is 17.2. The fourth-order valence-electron chi connectivity index (χ4n) is 2.83. The summed E-state index contributed by atoms with van der Waals surface area (Å²) in [6.07, 6.45) is 1.30. The minimum atomic E-state index is -1.41. The number of carbonyl (C=O) groups excluding carboxylic acids is 1. The van der Waals surface area contributed by atoms with Crippen molar-refractivity contribution < 1.29 is 13.9 Å². The molecule has 1 saturated heterocycles. The van der Waals surface area contributed by atoms with E-state index in [4.69, 9.17) is 10.00 Å². The van der Waals surface area contributed by atoms with Crippen LogP contribution in [0.15, 0.2) is 24.3 Å². The van der Waals surface area contributed by atoms with E-state index in [9.17, 15) is 4.79 Å². The van der Waals surface area contributed by atoms with Crippen molar-refractivity contribution in [3.8, 4) is 6.07 Å². The molecule has 1 aliphatic rings. The molecule has 0 atom stereocenters. The number of benzene rings is 1. The maximum Gasteiger partial charge on any atom is 0.410 e. The molecule has 1 aromatic carbocycles. The van der Waals surface area contributed by atoms with Crippen molar-refractivity contribution in [3.63, 3.8) is 0 Å². The Kier molecular flexibility index (Phi) is 5.48. The van der Waals surface area contributed by atoms with Gasteiger partial charge in [0.05, 0.1) is 6.07 Å². The van der Waals surface area contributed by atoms with Crippen LogP contribution < -0.4 is 0 Å². The highest BCUT2D eigenvalue weighted by molar-refractivity contribution is 5.68. The van der Waals surface area contributed by atoms with E-state index in [0.29, 0.717) is 31.5 Å². The lowest BCUT2D eigenvalue weighted by Gasteiger charge is -2.37. The van der Waals surface area contributed by atoms with Crippen LogP contribution in [0.5, 0.6) is 0 Å². The van der Waals surface area contributed by atoms with Crippen molar-refractivity contribution in [2.45, 2.75) is 57.7 Å². The zero-order valence-corrected chi connectivity index (χ0v) is 14.6. The fourth-order valence-corrected chi connectivity index (χ4v) is 2.83. The van der Waals surface area contributed by atoms with Gasteiger partial charge in [-0.05, 0) is 38.3 Å². The quantitative estimate of drug-likeness (QED) is 0.827. The van der Waals surface area contributed by atoms with Crippen molar-refractivity contribution in [2.24, 2.45) is 0 Å². The zero-order valence-electron chi connectivity index (χ0n) is 14.6. The van der Waals surface area contributed by atoms with Crippen LogP contribution in [0.2, 0.25) is 0 Å². The van der Waals surface area contributed by atoms with Gasteiger partial charge in [-0.2, -0.15) is 5.26 Å². The zero-order chi connectivity index (χ0) is 17.8. The number of rotatable bonds is 3. The molecular formula is C19H25FN2O2. The van der Waals surface area contributed by atoms with Gasteiger partial charge in [-0.3, -0.25) is 0 Å². The van der Waals surface area contributed by atoms with Gasteiger partial charge in [-0.25, -0.2) is 9.18 Å². The number of piperidine rings is 1. The van der Waals surface area contributed by atoms with Crippen molar-refractivity contribution in [3.05, 3.63) is 35.4 Å². The summed E-state index contributed by atoms with van der Waals surface area (Å²) in [6.45, 7) is 6.16. The van der Waals surface area contributed by atoms with Gasteiger partial charge in [0.15, 0.2) is 0 Å². The Morgan fingerprint density at radius 2 is 1.88 bits per heavy atom. The van der Waals surface area contributed by atoms with E-state index in [1.807, 2.05) is 32.9 Å². The molecular weight excluding hydrogens is 307 g/mol. The summed E-state index contributed by atoms with van der Waals surface area (Å²) in [6, 6.07) is 9.48. The molecule has 0 unspecified atom stereocenters. The molecule has 1 heterocycles. The number of hydrogen-bond acceptors (Lipinski definition) is 3. The third-order valence-corrected chi connectivity index (χ3v) is 4.20. The number of aryl methyl sites for hydroxylation is 1. The molecule has 1 amide bonds. The molecule has 130 valence electrons. The van der Waals surface area contributed by atoms with Crippen LogP contribution in [-0.2, 0) is 16.8 Å². The predicted molar refractivity (Wildman–Crippen MR) is 90.2 cm³/mol. The first-order valence-corrected chi connectivity index (χ1v) is 8.37. The van der Waals surface area contributed by atoms with Gasteiger partial charge in [0.2, 0.25) is 0 Å². The Hall–Kier alpha value is -2.09. The summed E-state index contributed by atoms with van der Waals surface area (Å²) < 4.78 is 20.6. The summed E-state index contributed by atoms with van der Waals surface area (Å²) in [4.78, 5) is 13.6. The van der Waals surface area contributed by atoms with E-state index in [0.717, 1.165) is 5.56 Å². The second kappa shape index (κ2) is 7.21. The first-order chi connectivity index (χ1) is 11.2. The van der Waals surface area contributed by atoms with E-state index in [-0.39, 0.29) is 18.9 Å². The monoisotopic (exact) mass is 332 g/mol. The second-order valence-corrected chi connectivity index (χ2v) is 7.29. The maximum atomic E-state index is 15.2. The van der Waals surface area contributed by atoms with Gasteiger partial charge in [0.1, 0.15) is 11.3 Å². The Balaban J connectivity index is 1.96. The second-order valence-electron chi connectivity index (χ2n) is 7.29. The van der Waals surface area contributed by atoms with E-state index in [1.165, 1.54) is 0 Å². The molecule has 5 heteroatoms. The topological polar surface area (TPSA) is 53.3 Å². The van der Waals surface area contributed by atoms with Crippen LogP contribution in [0.25, 0.3) is 0 Å². The highest BCUT2D eigenvalue weighted by atomic mass is 19.1.